The molecule has 0 heterocycles. The third-order valence-electron chi connectivity index (χ3n) is 2.12. The van der Waals surface area contributed by atoms with Crippen LogP contribution in [0.5, 0.6) is 0 Å². The van der Waals surface area contributed by atoms with Gasteiger partial charge >= 0.3 is 6.98 Å². The van der Waals surface area contributed by atoms with Crippen molar-refractivity contribution in [1.82, 2.24) is 0 Å². The first-order valence-electron chi connectivity index (χ1n) is 4.30. The lowest BCUT2D eigenvalue weighted by molar-refractivity contribution is 0.434. The van der Waals surface area contributed by atoms with Crippen molar-refractivity contribution in [2.24, 2.45) is 0 Å². The maximum Gasteiger partial charge on any atom is 0.485 e. The summed E-state index contributed by atoms with van der Waals surface area (Å²) in [4.78, 5) is 0. The molecule has 0 aliphatic heterocycles. The molecule has 0 aliphatic carbocycles. The van der Waals surface area contributed by atoms with Crippen LogP contribution in [0, 0.1) is 0 Å². The largest absolute Gasteiger partial charge is 0.485 e. The van der Waals surface area contributed by atoms with Crippen molar-refractivity contribution >= 4 is 6.98 Å². The lowest BCUT2D eigenvalue weighted by atomic mass is 9.67. The summed E-state index contributed by atoms with van der Waals surface area (Å²) in [7, 11) is 0. The third-order valence-corrected chi connectivity index (χ3v) is 2.12. The smallest absolute Gasteiger partial charge is 0.448 e. The van der Waals surface area contributed by atoms with Gasteiger partial charge in [-0.05, 0) is 5.82 Å². The van der Waals surface area contributed by atoms with Crippen LogP contribution in [0.3, 0.4) is 0 Å². The second-order valence-corrected chi connectivity index (χ2v) is 3.05. The van der Waals surface area contributed by atoms with Crippen LogP contribution in [0.2, 0.25) is 0 Å². The zero-order chi connectivity index (χ0) is 9.90. The minimum absolute atomic E-state index is 0.119. The Morgan fingerprint density at radius 3 is 2.08 bits per heavy atom. The van der Waals surface area contributed by atoms with E-state index < -0.39 is 12.8 Å². The maximum atomic E-state index is 12.5. The molecule has 0 nitrogen and oxygen atoms in total. The average molecular weight is 187 g/mol. The highest BCUT2D eigenvalue weighted by Crippen LogP contribution is 2.32. The van der Waals surface area contributed by atoms with Gasteiger partial charge in [0.25, 0.3) is 0 Å². The Morgan fingerprint density at radius 1 is 1.15 bits per heavy atom. The Bertz CT molecular complexity index is 255. The second-order valence-electron chi connectivity index (χ2n) is 3.05. The van der Waals surface area contributed by atoms with E-state index in [1.807, 2.05) is 0 Å². The molecule has 0 N–H and O–H groups in total. The normalized spacial score (nSPS) is 14.2. The van der Waals surface area contributed by atoms with E-state index in [1.165, 1.54) is 12.1 Å². The van der Waals surface area contributed by atoms with Crippen molar-refractivity contribution in [3.63, 3.8) is 0 Å². The van der Waals surface area contributed by atoms with E-state index in [1.54, 1.807) is 25.1 Å². The van der Waals surface area contributed by atoms with Gasteiger partial charge in [-0.15, -0.1) is 0 Å². The van der Waals surface area contributed by atoms with Crippen molar-refractivity contribution in [2.75, 3.05) is 0 Å². The molecule has 0 amide bonds. The second kappa shape index (κ2) is 3.86. The van der Waals surface area contributed by atoms with Gasteiger partial charge < -0.3 is 12.9 Å². The zero-order valence-electron chi connectivity index (χ0n) is 7.38. The van der Waals surface area contributed by atoms with Crippen LogP contribution in [0.4, 0.5) is 12.9 Å². The Balaban J connectivity index is 2.92. The highest BCUT2D eigenvalue weighted by molar-refractivity contribution is 6.60. The van der Waals surface area contributed by atoms with Gasteiger partial charge in [-0.25, -0.2) is 0 Å². The number of benzene rings is 1. The molecule has 0 unspecified atom stereocenters. The van der Waals surface area contributed by atoms with E-state index in [0.29, 0.717) is 5.56 Å². The fraction of sp³-hybridized carbons (Fsp3) is 0.333. The molecular formula is C9H11BF3-. The molecule has 0 spiro atoms. The molecule has 4 heteroatoms. The molecule has 0 bridgehead atoms. The highest BCUT2D eigenvalue weighted by Gasteiger charge is 2.34. The number of halogens is 3. The van der Waals surface area contributed by atoms with E-state index in [-0.39, 0.29) is 6.42 Å². The standard InChI is InChI=1S/C9H11BF3/c1-2-9(10(11,12)13)8-6-4-3-5-7-8/h3-7,9H,2H2,1H3/q-1/t9-/m1/s1. The van der Waals surface area contributed by atoms with Crippen molar-refractivity contribution in [3.05, 3.63) is 35.9 Å². The van der Waals surface area contributed by atoms with Crippen LogP contribution in [0.1, 0.15) is 24.7 Å². The summed E-state index contributed by atoms with van der Waals surface area (Å²) in [6.07, 6.45) is 0.119. The van der Waals surface area contributed by atoms with E-state index >= 15 is 0 Å². The number of hydrogen-bond acceptors (Lipinski definition) is 0. The Kier molecular flexibility index (Phi) is 3.01. The van der Waals surface area contributed by atoms with E-state index in [0.717, 1.165) is 0 Å². The van der Waals surface area contributed by atoms with Gasteiger partial charge in [-0.3, -0.25) is 0 Å². The van der Waals surface area contributed by atoms with Crippen LogP contribution in [0.15, 0.2) is 30.3 Å². The molecule has 0 saturated heterocycles. The number of hydrogen-bond donors (Lipinski definition) is 0. The minimum Gasteiger partial charge on any atom is -0.448 e. The predicted molar refractivity (Wildman–Crippen MR) is 48.6 cm³/mol. The molecule has 1 atom stereocenters. The maximum absolute atomic E-state index is 12.5. The average Bonchev–Trinajstić information content (AvgIpc) is 2.05. The molecule has 72 valence electrons. The quantitative estimate of drug-likeness (QED) is 0.634. The molecule has 0 radical (unpaired) electrons. The van der Waals surface area contributed by atoms with E-state index in [4.69, 9.17) is 0 Å². The lowest BCUT2D eigenvalue weighted by Gasteiger charge is -2.25. The fourth-order valence-electron chi connectivity index (χ4n) is 1.42. The Hall–Kier alpha value is -0.925. The van der Waals surface area contributed by atoms with Crippen molar-refractivity contribution in [2.45, 2.75) is 19.2 Å². The van der Waals surface area contributed by atoms with Gasteiger partial charge in [0.15, 0.2) is 0 Å². The minimum atomic E-state index is -4.76. The number of rotatable bonds is 3. The van der Waals surface area contributed by atoms with E-state index in [2.05, 4.69) is 0 Å². The molecular weight excluding hydrogens is 176 g/mol. The molecule has 0 saturated carbocycles. The first kappa shape index (κ1) is 10.2. The zero-order valence-corrected chi connectivity index (χ0v) is 7.38. The molecule has 0 aromatic heterocycles. The SMILES string of the molecule is CC[C@H](c1ccccc1)[B-](F)(F)F. The van der Waals surface area contributed by atoms with Crippen molar-refractivity contribution in [1.29, 1.82) is 0 Å². The summed E-state index contributed by atoms with van der Waals surface area (Å²) in [5, 5.41) is 0. The van der Waals surface area contributed by atoms with Crippen LogP contribution in [0.25, 0.3) is 0 Å². The van der Waals surface area contributed by atoms with Crippen molar-refractivity contribution in [3.8, 4) is 0 Å². The highest BCUT2D eigenvalue weighted by atomic mass is 19.4. The predicted octanol–water partition coefficient (Wildman–Crippen LogP) is 3.57. The van der Waals surface area contributed by atoms with Crippen LogP contribution in [-0.2, 0) is 0 Å². The summed E-state index contributed by atoms with van der Waals surface area (Å²) in [5.74, 6) is -1.26. The monoisotopic (exact) mass is 187 g/mol. The molecule has 1 aromatic rings. The fourth-order valence-corrected chi connectivity index (χ4v) is 1.42. The lowest BCUT2D eigenvalue weighted by Crippen LogP contribution is -2.26. The topological polar surface area (TPSA) is 0 Å². The first-order valence-corrected chi connectivity index (χ1v) is 4.30. The molecule has 13 heavy (non-hydrogen) atoms. The van der Waals surface area contributed by atoms with Gasteiger partial charge in [0, 0.05) is 0 Å². The van der Waals surface area contributed by atoms with Crippen molar-refractivity contribution < 1.29 is 12.9 Å². The van der Waals surface area contributed by atoms with E-state index in [9.17, 15) is 12.9 Å². The summed E-state index contributed by atoms with van der Waals surface area (Å²) in [5.41, 5.74) is 0.373. The van der Waals surface area contributed by atoms with Crippen LogP contribution >= 0.6 is 0 Å². The Morgan fingerprint density at radius 2 is 1.69 bits per heavy atom. The molecule has 0 fully saturated rings. The molecule has 1 aromatic carbocycles. The van der Waals surface area contributed by atoms with Gasteiger partial charge in [-0.1, -0.05) is 49.2 Å². The summed E-state index contributed by atoms with van der Waals surface area (Å²) < 4.78 is 37.4. The van der Waals surface area contributed by atoms with Gasteiger partial charge in [0.05, 0.1) is 0 Å². The third kappa shape index (κ3) is 2.51. The summed E-state index contributed by atoms with van der Waals surface area (Å²) in [6.45, 7) is -3.20. The summed E-state index contributed by atoms with van der Waals surface area (Å²) in [6, 6.07) is 8.06. The molecule has 0 aliphatic rings. The van der Waals surface area contributed by atoms with Gasteiger partial charge in [-0.2, -0.15) is 0 Å². The van der Waals surface area contributed by atoms with Gasteiger partial charge in [0.2, 0.25) is 0 Å². The molecule has 1 rings (SSSR count). The van der Waals surface area contributed by atoms with Crippen LogP contribution < -0.4 is 0 Å². The van der Waals surface area contributed by atoms with Gasteiger partial charge in [0.1, 0.15) is 0 Å². The Labute approximate surface area is 75.8 Å². The first-order chi connectivity index (χ1) is 6.05. The van der Waals surface area contributed by atoms with Crippen LogP contribution in [-0.4, -0.2) is 6.98 Å². The summed E-state index contributed by atoms with van der Waals surface area (Å²) >= 11 is 0.